The van der Waals surface area contributed by atoms with Crippen molar-refractivity contribution in [1.29, 1.82) is 0 Å². The number of hydrogen-bond acceptors (Lipinski definition) is 16. The van der Waals surface area contributed by atoms with Gasteiger partial charge in [-0.1, -0.05) is 581 Å². The lowest BCUT2D eigenvalue weighted by molar-refractivity contribution is -0.174. The average Bonchev–Trinajstić information content (AvgIpc) is 0.836. The second-order valence-corrected chi connectivity index (χ2v) is 44.0. The highest BCUT2D eigenvalue weighted by Crippen LogP contribution is 2.31. The number of carbonyl (C=O) groups excluding carboxylic acids is 6. The molecule has 0 aromatic heterocycles. The van der Waals surface area contributed by atoms with Crippen LogP contribution in [-0.2, 0) is 66.7 Å². The second-order valence-electron chi connectivity index (χ2n) is 44.0. The summed E-state index contributed by atoms with van der Waals surface area (Å²) < 4.78 is 50.7. The number of ether oxygens (including phenoxy) is 8. The van der Waals surface area contributed by atoms with E-state index in [1.807, 2.05) is 0 Å². The van der Waals surface area contributed by atoms with Gasteiger partial charge in [0, 0.05) is 38.5 Å². The maximum absolute atomic E-state index is 14.3. The van der Waals surface area contributed by atoms with Gasteiger partial charge in [-0.2, -0.15) is 0 Å². The fourth-order valence-electron chi connectivity index (χ4n) is 19.4. The molecule has 16 heteroatoms. The minimum Gasteiger partial charge on any atom is -0.465 e. The standard InChI is InChI=1S/C123H236O16/c1-7-13-19-25-31-37-43-49-55-61-67-73-79-85-91-97-115(126)134-109-121(103-124,110-135-116(127)98-92-86-80-74-68-62-56-50-44-38-32-26-20-14-8-2)105-132-107-123(113-138-119(130)101-95-89-83-77-71-65-59-53-47-41-35-29-23-17-11-5,114-139-120(131)102-96-90-84-78-72-66-60-54-48-42-36-30-24-18-12-6)108-133-106-122(104-125,111-136-117(128)99-93-87-81-75-69-63-57-51-45-39-33-27-21-15-9-3)112-137-118(129)100-94-88-82-76-70-64-58-52-46-40-34-28-22-16-10-4/h124-125H,7-114H2,1-6H3. The van der Waals surface area contributed by atoms with Crippen molar-refractivity contribution in [2.24, 2.45) is 16.2 Å². The summed E-state index contributed by atoms with van der Waals surface area (Å²) >= 11 is 0. The van der Waals surface area contributed by atoms with Crippen molar-refractivity contribution in [1.82, 2.24) is 0 Å². The number of unbranched alkanes of at least 4 members (excludes halogenated alkanes) is 84. The molecule has 0 aliphatic heterocycles. The fraction of sp³-hybridized carbons (Fsp3) is 0.951. The summed E-state index contributed by atoms with van der Waals surface area (Å²) in [7, 11) is 0. The predicted molar refractivity (Wildman–Crippen MR) is 586 cm³/mol. The SMILES string of the molecule is CCCCCCCCCCCCCCCCCC(=O)OCC(CO)(COCC(COCC(CO)(COC(=O)CCCCCCCCCCCCCCCCC)COC(=O)CCCCCCCCCCCCCCCCC)(COC(=O)CCCCCCCCCCCCCCCCC)COC(=O)CCCCCCCCCCCCCCCCC)COC(=O)CCCCCCCCCCCCCCCCC. The van der Waals surface area contributed by atoms with Crippen molar-refractivity contribution in [2.75, 3.05) is 79.3 Å². The molecule has 0 aromatic carbocycles. The van der Waals surface area contributed by atoms with Gasteiger partial charge in [-0.3, -0.25) is 28.8 Å². The quantitative estimate of drug-likeness (QED) is 0.0329. The molecule has 0 saturated carbocycles. The van der Waals surface area contributed by atoms with E-state index in [4.69, 9.17) is 37.9 Å². The van der Waals surface area contributed by atoms with Gasteiger partial charge in [-0.05, 0) is 38.5 Å². The zero-order valence-electron chi connectivity index (χ0n) is 93.5. The molecule has 0 rings (SSSR count). The van der Waals surface area contributed by atoms with E-state index in [2.05, 4.69) is 41.5 Å². The molecule has 0 amide bonds. The van der Waals surface area contributed by atoms with Crippen LogP contribution >= 0.6 is 0 Å². The van der Waals surface area contributed by atoms with Crippen LogP contribution in [-0.4, -0.2) is 125 Å². The highest BCUT2D eigenvalue weighted by atomic mass is 16.6. The van der Waals surface area contributed by atoms with Gasteiger partial charge in [-0.25, -0.2) is 0 Å². The molecular weight excluding hydrogens is 1730 g/mol. The van der Waals surface area contributed by atoms with E-state index in [9.17, 15) is 39.0 Å². The minimum absolute atomic E-state index is 0.168. The Balaban J connectivity index is 7.39. The molecule has 0 heterocycles. The molecule has 0 bridgehead atoms. The van der Waals surface area contributed by atoms with Crippen molar-refractivity contribution in [3.8, 4) is 0 Å². The lowest BCUT2D eigenvalue weighted by Gasteiger charge is -2.37. The van der Waals surface area contributed by atoms with Crippen LogP contribution < -0.4 is 0 Å². The Bertz CT molecular complexity index is 2290. The number of esters is 6. The Kier molecular flexibility index (Phi) is 106. The zero-order valence-corrected chi connectivity index (χ0v) is 93.5. The first-order valence-electron chi connectivity index (χ1n) is 61.6. The third-order valence-electron chi connectivity index (χ3n) is 29.4. The Morgan fingerprint density at radius 2 is 0.230 bits per heavy atom. The zero-order chi connectivity index (χ0) is 101. The number of hydrogen-bond donors (Lipinski definition) is 2. The van der Waals surface area contributed by atoms with Gasteiger partial charge in [0.2, 0.25) is 0 Å². The molecule has 0 fully saturated rings. The molecule has 139 heavy (non-hydrogen) atoms. The second kappa shape index (κ2) is 109. The number of aliphatic hydroxyl groups is 2. The molecule has 0 aliphatic rings. The van der Waals surface area contributed by atoms with E-state index in [-0.39, 0.29) is 105 Å². The molecule has 0 radical (unpaired) electrons. The molecule has 16 nitrogen and oxygen atoms in total. The number of carbonyl (C=O) groups is 6. The first-order valence-corrected chi connectivity index (χ1v) is 61.6. The molecule has 0 aromatic rings. The van der Waals surface area contributed by atoms with Crippen molar-refractivity contribution in [3.63, 3.8) is 0 Å². The van der Waals surface area contributed by atoms with Crippen molar-refractivity contribution >= 4 is 35.8 Å². The van der Waals surface area contributed by atoms with E-state index in [1.54, 1.807) is 0 Å². The molecule has 0 saturated heterocycles. The van der Waals surface area contributed by atoms with Crippen molar-refractivity contribution in [2.45, 2.75) is 658 Å². The summed E-state index contributed by atoms with van der Waals surface area (Å²) in [5.41, 5.74) is -4.31. The molecule has 0 atom stereocenters. The normalized spacial score (nSPS) is 11.9. The van der Waals surface area contributed by atoms with Crippen LogP contribution in [0.15, 0.2) is 0 Å². The largest absolute Gasteiger partial charge is 0.465 e. The summed E-state index contributed by atoms with van der Waals surface area (Å²) in [4.78, 5) is 84.1. The van der Waals surface area contributed by atoms with E-state index >= 15 is 0 Å². The van der Waals surface area contributed by atoms with E-state index in [1.165, 1.54) is 424 Å². The monoisotopic (exact) mass is 1970 g/mol. The van der Waals surface area contributed by atoms with Gasteiger partial charge in [0.05, 0.1) is 55.9 Å². The molecule has 0 spiro atoms. The number of aliphatic hydroxyl groups excluding tert-OH is 2. The maximum Gasteiger partial charge on any atom is 0.305 e. The van der Waals surface area contributed by atoms with Crippen molar-refractivity contribution in [3.05, 3.63) is 0 Å². The van der Waals surface area contributed by atoms with Gasteiger partial charge in [0.25, 0.3) is 0 Å². The fourth-order valence-corrected chi connectivity index (χ4v) is 19.4. The number of rotatable bonds is 118. The lowest BCUT2D eigenvalue weighted by atomic mass is 9.89. The Morgan fingerprint density at radius 3 is 0.338 bits per heavy atom. The molecular formula is C123H236O16. The van der Waals surface area contributed by atoms with Crippen LogP contribution in [0.4, 0.5) is 0 Å². The summed E-state index contributed by atoms with van der Waals surface area (Å²) in [5, 5.41) is 23.4. The first-order chi connectivity index (χ1) is 68.3. The third-order valence-corrected chi connectivity index (χ3v) is 29.4. The highest BCUT2D eigenvalue weighted by molar-refractivity contribution is 5.71. The van der Waals surface area contributed by atoms with Crippen LogP contribution in [0.2, 0.25) is 0 Å². The molecule has 824 valence electrons. The molecule has 0 aliphatic carbocycles. The summed E-state index contributed by atoms with van der Waals surface area (Å²) in [6.07, 6.45) is 109. The Labute approximate surface area is 861 Å². The van der Waals surface area contributed by atoms with Gasteiger partial charge in [0.15, 0.2) is 0 Å². The van der Waals surface area contributed by atoms with E-state index in [0.717, 1.165) is 116 Å². The van der Waals surface area contributed by atoms with Crippen LogP contribution in [0.1, 0.15) is 658 Å². The topological polar surface area (TPSA) is 217 Å². The van der Waals surface area contributed by atoms with Crippen LogP contribution in [0.5, 0.6) is 0 Å². The van der Waals surface area contributed by atoms with Crippen LogP contribution in [0, 0.1) is 16.2 Å². The van der Waals surface area contributed by atoms with Gasteiger partial charge < -0.3 is 48.1 Å². The highest BCUT2D eigenvalue weighted by Gasteiger charge is 2.42. The van der Waals surface area contributed by atoms with Crippen molar-refractivity contribution < 1.29 is 76.9 Å². The summed E-state index contributed by atoms with van der Waals surface area (Å²) in [6.45, 7) is 9.45. The summed E-state index contributed by atoms with van der Waals surface area (Å²) in [5.74, 6) is -2.52. The van der Waals surface area contributed by atoms with Gasteiger partial charge in [-0.15, -0.1) is 0 Å². The molecule has 2 N–H and O–H groups in total. The predicted octanol–water partition coefficient (Wildman–Crippen LogP) is 36.8. The van der Waals surface area contributed by atoms with Crippen LogP contribution in [0.25, 0.3) is 0 Å². The first kappa shape index (κ1) is 136. The lowest BCUT2D eigenvalue weighted by Crippen LogP contribution is -2.48. The van der Waals surface area contributed by atoms with Gasteiger partial charge in [0.1, 0.15) is 39.6 Å². The Morgan fingerprint density at radius 1 is 0.137 bits per heavy atom. The smallest absolute Gasteiger partial charge is 0.305 e. The maximum atomic E-state index is 14.3. The van der Waals surface area contributed by atoms with Gasteiger partial charge >= 0.3 is 35.8 Å². The minimum atomic E-state index is -1.44. The van der Waals surface area contributed by atoms with E-state index < -0.39 is 65.3 Å². The van der Waals surface area contributed by atoms with E-state index in [0.29, 0.717) is 38.5 Å². The third kappa shape index (κ3) is 96.6. The summed E-state index contributed by atoms with van der Waals surface area (Å²) in [6, 6.07) is 0. The molecule has 0 unspecified atom stereocenters. The average molecular weight is 1970 g/mol. The Hall–Kier alpha value is -3.34. The van der Waals surface area contributed by atoms with Crippen LogP contribution in [0.3, 0.4) is 0 Å².